The predicted octanol–water partition coefficient (Wildman–Crippen LogP) is 3.24. The first-order valence-corrected chi connectivity index (χ1v) is 8.49. The Hall–Kier alpha value is -1.39. The second-order valence-corrected chi connectivity index (χ2v) is 6.66. The second-order valence-electron chi connectivity index (χ2n) is 6.66. The molecule has 0 aromatic heterocycles. The van der Waals surface area contributed by atoms with E-state index >= 15 is 0 Å². The van der Waals surface area contributed by atoms with Crippen molar-refractivity contribution < 1.29 is 19.0 Å². The van der Waals surface area contributed by atoms with Crippen molar-refractivity contribution in [3.05, 3.63) is 35.9 Å². The maximum absolute atomic E-state index is 11.8. The fourth-order valence-corrected chi connectivity index (χ4v) is 2.87. The number of hydrogen-bond acceptors (Lipinski definition) is 4. The number of rotatable bonds is 5. The molecule has 1 fully saturated rings. The van der Waals surface area contributed by atoms with Gasteiger partial charge in [-0.2, -0.15) is 0 Å². The number of cyclic esters (lactones) is 1. The summed E-state index contributed by atoms with van der Waals surface area (Å²) in [7, 11) is 0. The average molecular weight is 320 g/mol. The van der Waals surface area contributed by atoms with Crippen LogP contribution in [0.25, 0.3) is 0 Å². The van der Waals surface area contributed by atoms with E-state index in [1.165, 1.54) is 5.56 Å². The zero-order valence-corrected chi connectivity index (χ0v) is 14.4. The smallest absolute Gasteiger partial charge is 0.308 e. The van der Waals surface area contributed by atoms with Crippen LogP contribution in [0.4, 0.5) is 0 Å². The van der Waals surface area contributed by atoms with Gasteiger partial charge in [0.2, 0.25) is 0 Å². The highest BCUT2D eigenvalue weighted by molar-refractivity contribution is 5.69. The highest BCUT2D eigenvalue weighted by Crippen LogP contribution is 2.23. The van der Waals surface area contributed by atoms with Gasteiger partial charge in [-0.25, -0.2) is 0 Å². The molecule has 23 heavy (non-hydrogen) atoms. The molecule has 1 aromatic rings. The minimum Gasteiger partial charge on any atom is -0.460 e. The Morgan fingerprint density at radius 3 is 2.70 bits per heavy atom. The van der Waals surface area contributed by atoms with Crippen LogP contribution < -0.4 is 0 Å². The summed E-state index contributed by atoms with van der Waals surface area (Å²) in [6.07, 6.45) is 0.737. The van der Waals surface area contributed by atoms with Crippen LogP contribution in [0.1, 0.15) is 32.8 Å². The van der Waals surface area contributed by atoms with E-state index < -0.39 is 0 Å². The first-order valence-electron chi connectivity index (χ1n) is 8.49. The Kier molecular flexibility index (Phi) is 7.06. The van der Waals surface area contributed by atoms with Crippen LogP contribution in [0.15, 0.2) is 30.3 Å². The Bertz CT molecular complexity index is 472. The van der Waals surface area contributed by atoms with Crippen LogP contribution in [0.5, 0.6) is 0 Å². The Morgan fingerprint density at radius 2 is 2.00 bits per heavy atom. The van der Waals surface area contributed by atoms with Gasteiger partial charge in [-0.15, -0.1) is 0 Å². The number of ether oxygens (including phenoxy) is 3. The zero-order chi connectivity index (χ0) is 16.7. The van der Waals surface area contributed by atoms with E-state index in [-0.39, 0.29) is 24.1 Å². The van der Waals surface area contributed by atoms with Crippen molar-refractivity contribution >= 4 is 5.97 Å². The first-order chi connectivity index (χ1) is 11.1. The molecule has 0 spiro atoms. The molecule has 1 aliphatic rings. The lowest BCUT2D eigenvalue weighted by molar-refractivity contribution is -0.158. The number of esters is 1. The van der Waals surface area contributed by atoms with Crippen molar-refractivity contribution in [1.29, 1.82) is 0 Å². The van der Waals surface area contributed by atoms with Crippen LogP contribution in [0.3, 0.4) is 0 Å². The molecule has 1 aromatic carbocycles. The number of benzene rings is 1. The summed E-state index contributed by atoms with van der Waals surface area (Å²) < 4.78 is 17.4. The van der Waals surface area contributed by atoms with Gasteiger partial charge in [0.1, 0.15) is 6.10 Å². The summed E-state index contributed by atoms with van der Waals surface area (Å²) in [4.78, 5) is 11.8. The molecule has 1 aliphatic heterocycles. The lowest BCUT2D eigenvalue weighted by Crippen LogP contribution is -2.40. The van der Waals surface area contributed by atoms with Crippen LogP contribution in [0.2, 0.25) is 0 Å². The van der Waals surface area contributed by atoms with Gasteiger partial charge in [-0.3, -0.25) is 4.79 Å². The summed E-state index contributed by atoms with van der Waals surface area (Å²) in [5.74, 6) is 0.386. The third kappa shape index (κ3) is 5.96. The van der Waals surface area contributed by atoms with Gasteiger partial charge in [-0.1, -0.05) is 44.2 Å². The van der Waals surface area contributed by atoms with E-state index in [9.17, 15) is 4.79 Å². The summed E-state index contributed by atoms with van der Waals surface area (Å²) in [6.45, 7) is 7.81. The molecule has 4 nitrogen and oxygen atoms in total. The van der Waals surface area contributed by atoms with Crippen LogP contribution >= 0.6 is 0 Å². The third-order valence-electron chi connectivity index (χ3n) is 3.99. The molecular formula is C19H28O4. The molecule has 0 amide bonds. The maximum Gasteiger partial charge on any atom is 0.308 e. The normalized spacial score (nSPS) is 26.3. The third-order valence-corrected chi connectivity index (χ3v) is 3.99. The van der Waals surface area contributed by atoms with Crippen LogP contribution in [0, 0.1) is 11.8 Å². The summed E-state index contributed by atoms with van der Waals surface area (Å²) in [6, 6.07) is 10.3. The largest absolute Gasteiger partial charge is 0.460 e. The maximum atomic E-state index is 11.8. The van der Waals surface area contributed by atoms with Crippen molar-refractivity contribution in [2.24, 2.45) is 11.8 Å². The van der Waals surface area contributed by atoms with Gasteiger partial charge in [0.25, 0.3) is 0 Å². The molecule has 0 bridgehead atoms. The Morgan fingerprint density at radius 1 is 1.26 bits per heavy atom. The van der Waals surface area contributed by atoms with E-state index in [1.807, 2.05) is 25.1 Å². The fourth-order valence-electron chi connectivity index (χ4n) is 2.87. The van der Waals surface area contributed by atoms with Gasteiger partial charge >= 0.3 is 5.97 Å². The first kappa shape index (κ1) is 18.0. The van der Waals surface area contributed by atoms with Crippen molar-refractivity contribution in [3.8, 4) is 0 Å². The standard InChI is InChI=1S/C19H28O4/c1-14(2)12-22-19-15(3)23-18(20)9-10-21-13-17(19)11-16-7-5-4-6-8-16/h4-8,14-15,17,19H,9-13H2,1-3H3. The van der Waals surface area contributed by atoms with Crippen molar-refractivity contribution in [2.45, 2.75) is 45.8 Å². The van der Waals surface area contributed by atoms with E-state index in [1.54, 1.807) is 0 Å². The van der Waals surface area contributed by atoms with Crippen molar-refractivity contribution in [1.82, 2.24) is 0 Å². The van der Waals surface area contributed by atoms with Crippen LogP contribution in [-0.4, -0.2) is 38.0 Å². The molecule has 0 aliphatic carbocycles. The molecule has 2 rings (SSSR count). The fraction of sp³-hybridized carbons (Fsp3) is 0.632. The SMILES string of the molecule is CC(C)COC1C(Cc2ccccc2)COCCC(=O)OC1C. The molecule has 0 saturated carbocycles. The average Bonchev–Trinajstić information content (AvgIpc) is 2.57. The molecule has 4 heteroatoms. The predicted molar refractivity (Wildman–Crippen MR) is 89.2 cm³/mol. The monoisotopic (exact) mass is 320 g/mol. The lowest BCUT2D eigenvalue weighted by atomic mass is 9.91. The topological polar surface area (TPSA) is 44.8 Å². The van der Waals surface area contributed by atoms with Crippen molar-refractivity contribution in [2.75, 3.05) is 19.8 Å². The number of carbonyl (C=O) groups is 1. The molecule has 3 atom stereocenters. The zero-order valence-electron chi connectivity index (χ0n) is 14.4. The van der Waals surface area contributed by atoms with Gasteiger partial charge in [0, 0.05) is 12.5 Å². The number of carbonyl (C=O) groups excluding carboxylic acids is 1. The minimum absolute atomic E-state index is 0.153. The van der Waals surface area contributed by atoms with Crippen LogP contribution in [-0.2, 0) is 25.4 Å². The molecular weight excluding hydrogens is 292 g/mol. The van der Waals surface area contributed by atoms with E-state index in [0.29, 0.717) is 32.2 Å². The highest BCUT2D eigenvalue weighted by Gasteiger charge is 2.32. The molecule has 1 heterocycles. The minimum atomic E-state index is -0.267. The second kappa shape index (κ2) is 9.04. The summed E-state index contributed by atoms with van der Waals surface area (Å²) in [5, 5.41) is 0. The molecule has 1 saturated heterocycles. The molecule has 3 unspecified atom stereocenters. The van der Waals surface area contributed by atoms with E-state index in [2.05, 4.69) is 26.0 Å². The Labute approximate surface area is 139 Å². The highest BCUT2D eigenvalue weighted by atomic mass is 16.6. The number of hydrogen-bond donors (Lipinski definition) is 0. The van der Waals surface area contributed by atoms with Gasteiger partial charge < -0.3 is 14.2 Å². The summed E-state index contributed by atoms with van der Waals surface area (Å²) >= 11 is 0. The van der Waals surface area contributed by atoms with Gasteiger partial charge in [0.15, 0.2) is 0 Å². The van der Waals surface area contributed by atoms with Crippen molar-refractivity contribution in [3.63, 3.8) is 0 Å². The van der Waals surface area contributed by atoms with E-state index in [0.717, 1.165) is 6.42 Å². The summed E-state index contributed by atoms with van der Waals surface area (Å²) in [5.41, 5.74) is 1.25. The van der Waals surface area contributed by atoms with Gasteiger partial charge in [-0.05, 0) is 24.8 Å². The molecule has 0 radical (unpaired) electrons. The quantitative estimate of drug-likeness (QED) is 0.781. The Balaban J connectivity index is 2.14. The van der Waals surface area contributed by atoms with Gasteiger partial charge in [0.05, 0.1) is 25.7 Å². The molecule has 128 valence electrons. The molecule has 0 N–H and O–H groups in total. The lowest BCUT2D eigenvalue weighted by Gasteiger charge is -2.31. The van der Waals surface area contributed by atoms with E-state index in [4.69, 9.17) is 14.2 Å².